The lowest BCUT2D eigenvalue weighted by Gasteiger charge is -2.36. The van der Waals surface area contributed by atoms with Crippen molar-refractivity contribution in [1.82, 2.24) is 0 Å². The van der Waals surface area contributed by atoms with Gasteiger partial charge in [0.25, 0.3) is 0 Å². The first-order chi connectivity index (χ1) is 9.12. The largest absolute Gasteiger partial charge is 0.411 e. The lowest BCUT2D eigenvalue weighted by Crippen LogP contribution is -2.56. The Bertz CT molecular complexity index is 354. The summed E-state index contributed by atoms with van der Waals surface area (Å²) < 4.78 is 132. The number of hydrogen-bond acceptors (Lipinski definition) is 2. The Morgan fingerprint density at radius 1 is 0.714 bits per heavy atom. The molecule has 126 valence electrons. The van der Waals surface area contributed by atoms with Crippen molar-refractivity contribution in [2.24, 2.45) is 0 Å². The molecule has 1 rings (SSSR count). The SMILES string of the molecule is FC(F)(F)COC1(OCC(F)(F)F)CCC(F)(F)C1(F)F. The minimum absolute atomic E-state index is 1.51. The molecule has 1 saturated carbocycles. The van der Waals surface area contributed by atoms with Crippen LogP contribution in [-0.4, -0.2) is 43.2 Å². The topological polar surface area (TPSA) is 18.5 Å². The van der Waals surface area contributed by atoms with E-state index >= 15 is 0 Å². The first kappa shape index (κ1) is 18.3. The first-order valence-corrected chi connectivity index (χ1v) is 5.29. The van der Waals surface area contributed by atoms with Crippen LogP contribution in [0, 0.1) is 0 Å². The molecule has 0 aromatic carbocycles. The molecule has 0 aromatic heterocycles. The molecule has 1 aliphatic carbocycles. The molecule has 0 heterocycles. The van der Waals surface area contributed by atoms with E-state index in [1.54, 1.807) is 0 Å². The Labute approximate surface area is 111 Å². The van der Waals surface area contributed by atoms with Crippen molar-refractivity contribution in [2.45, 2.75) is 42.8 Å². The molecular weight excluding hydrogens is 330 g/mol. The van der Waals surface area contributed by atoms with Crippen LogP contribution in [0.5, 0.6) is 0 Å². The predicted octanol–water partition coefficient (Wildman–Crippen LogP) is 3.90. The van der Waals surface area contributed by atoms with Gasteiger partial charge in [0.1, 0.15) is 13.2 Å². The van der Waals surface area contributed by atoms with E-state index in [0.717, 1.165) is 0 Å². The molecule has 0 saturated heterocycles. The second-order valence-corrected chi connectivity index (χ2v) is 4.34. The van der Waals surface area contributed by atoms with Crippen molar-refractivity contribution in [3.8, 4) is 0 Å². The second-order valence-electron chi connectivity index (χ2n) is 4.34. The summed E-state index contributed by atoms with van der Waals surface area (Å²) in [7, 11) is 0. The van der Waals surface area contributed by atoms with Gasteiger partial charge in [0.05, 0.1) is 0 Å². The fraction of sp³-hybridized carbons (Fsp3) is 1.00. The summed E-state index contributed by atoms with van der Waals surface area (Å²) in [5.41, 5.74) is 0. The lowest BCUT2D eigenvalue weighted by molar-refractivity contribution is -0.387. The third kappa shape index (κ3) is 3.90. The van der Waals surface area contributed by atoms with Crippen molar-refractivity contribution < 1.29 is 53.4 Å². The number of halogens is 10. The summed E-state index contributed by atoms with van der Waals surface area (Å²) in [4.78, 5) is 0. The van der Waals surface area contributed by atoms with E-state index in [0.29, 0.717) is 0 Å². The van der Waals surface area contributed by atoms with Crippen molar-refractivity contribution in [2.75, 3.05) is 13.2 Å². The Hall–Kier alpha value is -0.780. The quantitative estimate of drug-likeness (QED) is 0.572. The monoisotopic (exact) mass is 338 g/mol. The minimum atomic E-state index is -5.34. The maximum atomic E-state index is 13.5. The van der Waals surface area contributed by atoms with E-state index in [1.807, 2.05) is 0 Å². The van der Waals surface area contributed by atoms with E-state index in [2.05, 4.69) is 9.47 Å². The molecule has 0 atom stereocenters. The first-order valence-electron chi connectivity index (χ1n) is 5.29. The molecule has 0 N–H and O–H groups in total. The molecule has 0 amide bonds. The Morgan fingerprint density at radius 2 is 1.10 bits per heavy atom. The zero-order valence-electron chi connectivity index (χ0n) is 9.92. The van der Waals surface area contributed by atoms with Crippen LogP contribution in [0.1, 0.15) is 12.8 Å². The van der Waals surface area contributed by atoms with Gasteiger partial charge in [-0.25, -0.2) is 0 Å². The van der Waals surface area contributed by atoms with Crippen molar-refractivity contribution >= 4 is 0 Å². The molecule has 1 fully saturated rings. The van der Waals surface area contributed by atoms with Gasteiger partial charge in [-0.1, -0.05) is 0 Å². The lowest BCUT2D eigenvalue weighted by atomic mass is 10.1. The molecule has 0 aliphatic heterocycles. The van der Waals surface area contributed by atoms with Gasteiger partial charge in [-0.2, -0.15) is 43.9 Å². The number of alkyl halides is 10. The summed E-state index contributed by atoms with van der Waals surface area (Å²) in [6.45, 7) is -4.90. The average Bonchev–Trinajstić information content (AvgIpc) is 2.41. The van der Waals surface area contributed by atoms with Gasteiger partial charge >= 0.3 is 24.2 Å². The standard InChI is InChI=1S/C9H8F10O2/c10-5(11)1-2-6(9(5,18)19,20-3-7(12,13)14)21-4-8(15,16)17/h1-4H2. The fourth-order valence-electron chi connectivity index (χ4n) is 1.68. The van der Waals surface area contributed by atoms with Crippen molar-refractivity contribution in [3.05, 3.63) is 0 Å². The van der Waals surface area contributed by atoms with E-state index in [4.69, 9.17) is 0 Å². The third-order valence-corrected chi connectivity index (χ3v) is 2.64. The minimum Gasteiger partial charge on any atom is -0.335 e. The van der Waals surface area contributed by atoms with Crippen LogP contribution >= 0.6 is 0 Å². The highest BCUT2D eigenvalue weighted by Crippen LogP contribution is 2.56. The molecule has 2 nitrogen and oxygen atoms in total. The molecule has 12 heteroatoms. The maximum absolute atomic E-state index is 13.5. The Balaban J connectivity index is 3.01. The molecule has 0 spiro atoms. The van der Waals surface area contributed by atoms with Crippen LogP contribution in [0.25, 0.3) is 0 Å². The molecule has 0 radical (unpaired) electrons. The van der Waals surface area contributed by atoms with Crippen molar-refractivity contribution in [3.63, 3.8) is 0 Å². The summed E-state index contributed by atoms with van der Waals surface area (Å²) in [5.74, 6) is -14.2. The number of rotatable bonds is 4. The van der Waals surface area contributed by atoms with E-state index in [1.165, 1.54) is 0 Å². The van der Waals surface area contributed by atoms with Gasteiger partial charge in [0.15, 0.2) is 0 Å². The highest BCUT2D eigenvalue weighted by atomic mass is 19.4. The maximum Gasteiger partial charge on any atom is 0.411 e. The Kier molecular flexibility index (Phi) is 4.47. The molecular formula is C9H8F10O2. The van der Waals surface area contributed by atoms with E-state index in [-0.39, 0.29) is 0 Å². The summed E-state index contributed by atoms with van der Waals surface area (Å²) in [6.07, 6.45) is -13.6. The number of hydrogen-bond donors (Lipinski definition) is 0. The summed E-state index contributed by atoms with van der Waals surface area (Å²) in [5, 5.41) is 0. The predicted molar refractivity (Wildman–Crippen MR) is 45.9 cm³/mol. The second kappa shape index (κ2) is 5.14. The Morgan fingerprint density at radius 3 is 1.33 bits per heavy atom. The fourth-order valence-corrected chi connectivity index (χ4v) is 1.68. The van der Waals surface area contributed by atoms with Crippen molar-refractivity contribution in [1.29, 1.82) is 0 Å². The normalized spacial score (nSPS) is 24.3. The molecule has 21 heavy (non-hydrogen) atoms. The van der Waals surface area contributed by atoms with Gasteiger partial charge in [-0.05, 0) is 0 Å². The van der Waals surface area contributed by atoms with Gasteiger partial charge in [-0.3, -0.25) is 0 Å². The van der Waals surface area contributed by atoms with Gasteiger partial charge in [-0.15, -0.1) is 0 Å². The zero-order chi connectivity index (χ0) is 16.7. The summed E-state index contributed by atoms with van der Waals surface area (Å²) in [6, 6.07) is 0. The van der Waals surface area contributed by atoms with Crippen LogP contribution in [-0.2, 0) is 9.47 Å². The highest BCUT2D eigenvalue weighted by Gasteiger charge is 2.76. The van der Waals surface area contributed by atoms with Crippen LogP contribution in [0.4, 0.5) is 43.9 Å². The molecule has 0 aromatic rings. The van der Waals surface area contributed by atoms with Gasteiger partial charge in [0.2, 0.25) is 5.79 Å². The number of ether oxygens (including phenoxy) is 2. The van der Waals surface area contributed by atoms with Crippen LogP contribution in [0.3, 0.4) is 0 Å². The van der Waals surface area contributed by atoms with Gasteiger partial charge in [0, 0.05) is 12.8 Å². The third-order valence-electron chi connectivity index (χ3n) is 2.64. The van der Waals surface area contributed by atoms with Crippen LogP contribution < -0.4 is 0 Å². The van der Waals surface area contributed by atoms with Crippen LogP contribution in [0.15, 0.2) is 0 Å². The molecule has 0 bridgehead atoms. The zero-order valence-corrected chi connectivity index (χ0v) is 9.92. The smallest absolute Gasteiger partial charge is 0.335 e. The average molecular weight is 338 g/mol. The van der Waals surface area contributed by atoms with E-state index < -0.39 is 56.0 Å². The highest BCUT2D eigenvalue weighted by molar-refractivity contribution is 5.05. The van der Waals surface area contributed by atoms with Gasteiger partial charge < -0.3 is 9.47 Å². The van der Waals surface area contributed by atoms with Crippen LogP contribution in [0.2, 0.25) is 0 Å². The van der Waals surface area contributed by atoms with E-state index in [9.17, 15) is 43.9 Å². The summed E-state index contributed by atoms with van der Waals surface area (Å²) >= 11 is 0. The molecule has 1 aliphatic rings. The molecule has 0 unspecified atom stereocenters.